The van der Waals surface area contributed by atoms with Crippen molar-refractivity contribution in [3.63, 3.8) is 0 Å². The molecule has 0 fully saturated rings. The number of aromatic nitrogens is 2. The smallest absolute Gasteiger partial charge is 0.253 e. The SMILES string of the molecule is CS(=O)(=O)Nc1ccc(F)cc1C(=O)NCc1cnn(-c2ccc(Cl)cc2)c1. The number of benzene rings is 2. The van der Waals surface area contributed by atoms with E-state index in [2.05, 4.69) is 15.1 Å². The molecule has 0 saturated heterocycles. The second-order valence-corrected chi connectivity index (χ2v) is 8.20. The number of sulfonamides is 1. The first-order valence-corrected chi connectivity index (χ1v) is 10.3. The summed E-state index contributed by atoms with van der Waals surface area (Å²) in [6, 6.07) is 10.3. The molecule has 0 aliphatic heterocycles. The van der Waals surface area contributed by atoms with Crippen LogP contribution < -0.4 is 10.0 Å². The van der Waals surface area contributed by atoms with Crippen molar-refractivity contribution in [1.29, 1.82) is 0 Å². The number of anilines is 1. The van der Waals surface area contributed by atoms with Crippen molar-refractivity contribution in [2.75, 3.05) is 11.0 Å². The molecule has 0 atom stereocenters. The fourth-order valence-corrected chi connectivity index (χ4v) is 3.16. The molecule has 0 aliphatic carbocycles. The molecule has 3 aromatic rings. The number of halogens is 2. The third-order valence-electron chi connectivity index (χ3n) is 3.70. The first kappa shape index (κ1) is 19.8. The van der Waals surface area contributed by atoms with Crippen molar-refractivity contribution in [1.82, 2.24) is 15.1 Å². The average molecular weight is 423 g/mol. The molecule has 28 heavy (non-hydrogen) atoms. The van der Waals surface area contributed by atoms with E-state index in [0.717, 1.165) is 24.1 Å². The van der Waals surface area contributed by atoms with Gasteiger partial charge in [-0.2, -0.15) is 5.10 Å². The molecule has 0 aliphatic rings. The maximum atomic E-state index is 13.5. The molecule has 146 valence electrons. The number of nitrogens with zero attached hydrogens (tertiary/aromatic N) is 2. The lowest BCUT2D eigenvalue weighted by Gasteiger charge is -2.11. The molecular formula is C18H16ClFN4O3S. The van der Waals surface area contributed by atoms with E-state index in [1.807, 2.05) is 0 Å². The van der Waals surface area contributed by atoms with Crippen LogP contribution in [0.2, 0.25) is 5.02 Å². The molecule has 10 heteroatoms. The summed E-state index contributed by atoms with van der Waals surface area (Å²) in [4.78, 5) is 12.4. The minimum Gasteiger partial charge on any atom is -0.348 e. The Hall–Kier alpha value is -2.91. The molecule has 0 radical (unpaired) electrons. The van der Waals surface area contributed by atoms with Crippen LogP contribution >= 0.6 is 11.6 Å². The summed E-state index contributed by atoms with van der Waals surface area (Å²) in [7, 11) is -3.62. The molecule has 3 rings (SSSR count). The van der Waals surface area contributed by atoms with Gasteiger partial charge in [-0.05, 0) is 42.5 Å². The van der Waals surface area contributed by atoms with E-state index < -0.39 is 21.7 Å². The quantitative estimate of drug-likeness (QED) is 0.638. The van der Waals surface area contributed by atoms with Gasteiger partial charge in [0.1, 0.15) is 5.82 Å². The summed E-state index contributed by atoms with van der Waals surface area (Å²) in [6.07, 6.45) is 4.25. The maximum Gasteiger partial charge on any atom is 0.253 e. The summed E-state index contributed by atoms with van der Waals surface area (Å²) in [5, 5.41) is 7.45. The summed E-state index contributed by atoms with van der Waals surface area (Å²) in [5.74, 6) is -1.27. The van der Waals surface area contributed by atoms with Crippen LogP contribution in [-0.4, -0.2) is 30.4 Å². The average Bonchev–Trinajstić information content (AvgIpc) is 3.09. The molecule has 0 spiro atoms. The van der Waals surface area contributed by atoms with Crippen LogP contribution in [0.4, 0.5) is 10.1 Å². The minimum atomic E-state index is -3.62. The molecule has 1 aromatic heterocycles. The fraction of sp³-hybridized carbons (Fsp3) is 0.111. The first-order chi connectivity index (χ1) is 13.2. The zero-order valence-corrected chi connectivity index (χ0v) is 16.3. The maximum absolute atomic E-state index is 13.5. The van der Waals surface area contributed by atoms with E-state index in [9.17, 15) is 17.6 Å². The Morgan fingerprint density at radius 3 is 2.61 bits per heavy atom. The number of amides is 1. The topological polar surface area (TPSA) is 93.1 Å². The predicted octanol–water partition coefficient (Wildman–Crippen LogP) is 2.97. The first-order valence-electron chi connectivity index (χ1n) is 8.06. The molecule has 0 unspecified atom stereocenters. The van der Waals surface area contributed by atoms with Crippen LogP contribution in [0.1, 0.15) is 15.9 Å². The molecule has 0 bridgehead atoms. The van der Waals surface area contributed by atoms with Gasteiger partial charge in [0.25, 0.3) is 5.91 Å². The molecule has 1 amide bonds. The fourth-order valence-electron chi connectivity index (χ4n) is 2.46. The van der Waals surface area contributed by atoms with Gasteiger partial charge in [0.15, 0.2) is 0 Å². The predicted molar refractivity (Wildman–Crippen MR) is 105 cm³/mol. The van der Waals surface area contributed by atoms with Gasteiger partial charge in [-0.15, -0.1) is 0 Å². The van der Waals surface area contributed by atoms with Crippen LogP contribution in [-0.2, 0) is 16.6 Å². The summed E-state index contributed by atoms with van der Waals surface area (Å²) >= 11 is 5.86. The molecule has 0 saturated carbocycles. The Balaban J connectivity index is 1.73. The van der Waals surface area contributed by atoms with Gasteiger partial charge in [-0.1, -0.05) is 11.6 Å². The third kappa shape index (κ3) is 5.08. The second-order valence-electron chi connectivity index (χ2n) is 6.02. The van der Waals surface area contributed by atoms with E-state index in [1.54, 1.807) is 41.3 Å². The van der Waals surface area contributed by atoms with Gasteiger partial charge < -0.3 is 5.32 Å². The van der Waals surface area contributed by atoms with E-state index >= 15 is 0 Å². The highest BCUT2D eigenvalue weighted by atomic mass is 35.5. The normalized spacial score (nSPS) is 11.2. The van der Waals surface area contributed by atoms with E-state index in [4.69, 9.17) is 11.6 Å². The minimum absolute atomic E-state index is 0.00161. The van der Waals surface area contributed by atoms with Gasteiger partial charge in [-0.3, -0.25) is 9.52 Å². The number of hydrogen-bond donors (Lipinski definition) is 2. The number of hydrogen-bond acceptors (Lipinski definition) is 4. The Labute approximate surface area is 166 Å². The van der Waals surface area contributed by atoms with Crippen LogP contribution in [0.25, 0.3) is 5.69 Å². The Kier molecular flexibility index (Phi) is 5.66. The number of carbonyl (C=O) groups is 1. The number of rotatable bonds is 6. The van der Waals surface area contributed by atoms with Gasteiger partial charge in [-0.25, -0.2) is 17.5 Å². The molecule has 7 nitrogen and oxygen atoms in total. The lowest BCUT2D eigenvalue weighted by molar-refractivity contribution is 0.0951. The summed E-state index contributed by atoms with van der Waals surface area (Å²) in [5.41, 5.74) is 1.39. The van der Waals surface area contributed by atoms with Crippen molar-refractivity contribution in [3.05, 3.63) is 76.8 Å². The highest BCUT2D eigenvalue weighted by Crippen LogP contribution is 2.19. The van der Waals surface area contributed by atoms with E-state index in [1.165, 1.54) is 6.07 Å². The lowest BCUT2D eigenvalue weighted by Crippen LogP contribution is -2.24. The highest BCUT2D eigenvalue weighted by Gasteiger charge is 2.15. The Morgan fingerprint density at radius 1 is 1.21 bits per heavy atom. The zero-order chi connectivity index (χ0) is 20.3. The van der Waals surface area contributed by atoms with Crippen LogP contribution in [0.5, 0.6) is 0 Å². The molecule has 2 N–H and O–H groups in total. The second kappa shape index (κ2) is 7.99. The lowest BCUT2D eigenvalue weighted by atomic mass is 10.1. The van der Waals surface area contributed by atoms with E-state index in [0.29, 0.717) is 10.6 Å². The van der Waals surface area contributed by atoms with Crippen molar-refractivity contribution >= 4 is 33.2 Å². The largest absolute Gasteiger partial charge is 0.348 e. The molecule has 2 aromatic carbocycles. The number of carbonyl (C=O) groups excluding carboxylic acids is 1. The van der Waals surface area contributed by atoms with Crippen LogP contribution in [0.15, 0.2) is 54.9 Å². The van der Waals surface area contributed by atoms with Gasteiger partial charge in [0.2, 0.25) is 10.0 Å². The van der Waals surface area contributed by atoms with E-state index in [-0.39, 0.29) is 17.8 Å². The molecule has 1 heterocycles. The zero-order valence-electron chi connectivity index (χ0n) is 14.7. The Bertz CT molecular complexity index is 1110. The standard InChI is InChI=1S/C18H16ClFN4O3S/c1-28(26,27)23-17-7-4-14(20)8-16(17)18(25)21-9-12-10-22-24(11-12)15-5-2-13(19)3-6-15/h2-8,10-11,23H,9H2,1H3,(H,21,25). The summed E-state index contributed by atoms with van der Waals surface area (Å²) < 4.78 is 40.3. The summed E-state index contributed by atoms with van der Waals surface area (Å²) in [6.45, 7) is 0.126. The van der Waals surface area contributed by atoms with Gasteiger partial charge in [0, 0.05) is 23.3 Å². The third-order valence-corrected chi connectivity index (χ3v) is 4.54. The van der Waals surface area contributed by atoms with Crippen molar-refractivity contribution in [2.24, 2.45) is 0 Å². The van der Waals surface area contributed by atoms with Gasteiger partial charge in [0.05, 0.1) is 29.4 Å². The molecular weight excluding hydrogens is 407 g/mol. The number of nitrogens with one attached hydrogen (secondary N) is 2. The Morgan fingerprint density at radius 2 is 1.93 bits per heavy atom. The van der Waals surface area contributed by atoms with Crippen molar-refractivity contribution in [3.8, 4) is 5.69 Å². The van der Waals surface area contributed by atoms with Gasteiger partial charge >= 0.3 is 0 Å². The van der Waals surface area contributed by atoms with Crippen LogP contribution in [0, 0.1) is 5.82 Å². The van der Waals surface area contributed by atoms with Crippen LogP contribution in [0.3, 0.4) is 0 Å². The van der Waals surface area contributed by atoms with Crippen molar-refractivity contribution < 1.29 is 17.6 Å². The van der Waals surface area contributed by atoms with Crippen molar-refractivity contribution in [2.45, 2.75) is 6.54 Å². The monoisotopic (exact) mass is 422 g/mol. The highest BCUT2D eigenvalue weighted by molar-refractivity contribution is 7.92.